The summed E-state index contributed by atoms with van der Waals surface area (Å²) in [6.45, 7) is 7.28. The lowest BCUT2D eigenvalue weighted by Gasteiger charge is -2.23. The first-order valence-electron chi connectivity index (χ1n) is 12.6. The first-order chi connectivity index (χ1) is 18.0. The van der Waals surface area contributed by atoms with Gasteiger partial charge in [0, 0.05) is 38.4 Å². The molecule has 2 aliphatic heterocycles. The number of hydrogen-bond acceptors (Lipinski definition) is 5. The van der Waals surface area contributed by atoms with Gasteiger partial charge in [0.05, 0.1) is 22.5 Å². The van der Waals surface area contributed by atoms with E-state index < -0.39 is 11.7 Å². The SMILES string of the molecule is Cc1nn(-c2ccc(C(F)(F)F)cn2)c(C)c1C(=O)N1CC2CN(CC[C@H](N)c3cccc(F)c3)CC2C1. The van der Waals surface area contributed by atoms with E-state index in [9.17, 15) is 22.4 Å². The highest BCUT2D eigenvalue weighted by Crippen LogP contribution is 2.34. The van der Waals surface area contributed by atoms with Crippen molar-refractivity contribution in [2.24, 2.45) is 17.6 Å². The molecule has 0 radical (unpaired) electrons. The number of nitrogens with zero attached hydrogens (tertiary/aromatic N) is 5. The zero-order chi connectivity index (χ0) is 27.2. The van der Waals surface area contributed by atoms with Crippen LogP contribution >= 0.6 is 0 Å². The summed E-state index contributed by atoms with van der Waals surface area (Å²) in [6, 6.07) is 8.38. The van der Waals surface area contributed by atoms with Gasteiger partial charge in [-0.2, -0.15) is 18.3 Å². The molecule has 38 heavy (non-hydrogen) atoms. The summed E-state index contributed by atoms with van der Waals surface area (Å²) in [5.41, 5.74) is 7.75. The minimum Gasteiger partial charge on any atom is -0.338 e. The molecular weight excluding hydrogens is 500 g/mol. The molecule has 0 bridgehead atoms. The van der Waals surface area contributed by atoms with Gasteiger partial charge in [0.1, 0.15) is 5.82 Å². The third-order valence-electron chi connectivity index (χ3n) is 7.68. The second-order valence-electron chi connectivity index (χ2n) is 10.3. The minimum atomic E-state index is -4.47. The predicted molar refractivity (Wildman–Crippen MR) is 133 cm³/mol. The van der Waals surface area contributed by atoms with Crippen LogP contribution in [0.1, 0.15) is 45.3 Å². The molecule has 1 amide bonds. The van der Waals surface area contributed by atoms with E-state index in [1.807, 2.05) is 11.0 Å². The highest BCUT2D eigenvalue weighted by atomic mass is 19.4. The number of likely N-dealkylation sites (tertiary alicyclic amines) is 2. The van der Waals surface area contributed by atoms with Crippen molar-refractivity contribution in [3.63, 3.8) is 0 Å². The van der Waals surface area contributed by atoms with E-state index in [1.54, 1.807) is 19.9 Å². The van der Waals surface area contributed by atoms with Crippen molar-refractivity contribution in [1.82, 2.24) is 24.6 Å². The van der Waals surface area contributed by atoms with Crippen molar-refractivity contribution in [1.29, 1.82) is 0 Å². The molecule has 2 aromatic heterocycles. The number of rotatable bonds is 6. The number of alkyl halides is 3. The Morgan fingerprint density at radius 3 is 2.42 bits per heavy atom. The Kier molecular flexibility index (Phi) is 6.99. The summed E-state index contributed by atoms with van der Waals surface area (Å²) >= 11 is 0. The van der Waals surface area contributed by atoms with E-state index in [1.165, 1.54) is 22.9 Å². The van der Waals surface area contributed by atoms with Crippen LogP contribution in [0.2, 0.25) is 0 Å². The quantitative estimate of drug-likeness (QED) is 0.485. The monoisotopic (exact) mass is 530 g/mol. The maximum absolute atomic E-state index is 13.5. The zero-order valence-electron chi connectivity index (χ0n) is 21.2. The van der Waals surface area contributed by atoms with Crippen LogP contribution in [0.3, 0.4) is 0 Å². The lowest BCUT2D eigenvalue weighted by atomic mass is 10.0. The molecule has 7 nitrogen and oxygen atoms in total. The molecule has 2 aliphatic rings. The number of carbonyl (C=O) groups is 1. The molecule has 5 rings (SSSR count). The number of halogens is 4. The molecule has 0 spiro atoms. The summed E-state index contributed by atoms with van der Waals surface area (Å²) < 4.78 is 53.6. The maximum atomic E-state index is 13.5. The number of nitrogens with two attached hydrogens (primary N) is 1. The molecule has 1 aromatic carbocycles. The highest BCUT2D eigenvalue weighted by molar-refractivity contribution is 5.96. The van der Waals surface area contributed by atoms with E-state index in [0.717, 1.165) is 43.9 Å². The van der Waals surface area contributed by atoms with Crippen LogP contribution in [0.5, 0.6) is 0 Å². The highest BCUT2D eigenvalue weighted by Gasteiger charge is 2.42. The normalized spacial score (nSPS) is 20.7. The number of benzene rings is 1. The Balaban J connectivity index is 1.20. The van der Waals surface area contributed by atoms with E-state index in [-0.39, 0.29) is 23.6 Å². The van der Waals surface area contributed by atoms with E-state index in [0.29, 0.717) is 41.9 Å². The molecule has 4 heterocycles. The molecular formula is C27H30F4N6O. The third kappa shape index (κ3) is 5.17. The van der Waals surface area contributed by atoms with Crippen LogP contribution in [0.15, 0.2) is 42.6 Å². The molecule has 2 unspecified atom stereocenters. The Bertz CT molecular complexity index is 1310. The third-order valence-corrected chi connectivity index (χ3v) is 7.68. The van der Waals surface area contributed by atoms with Gasteiger partial charge in [0.15, 0.2) is 5.82 Å². The first kappa shape index (κ1) is 26.3. The number of aromatic nitrogens is 3. The van der Waals surface area contributed by atoms with Gasteiger partial charge >= 0.3 is 6.18 Å². The summed E-state index contributed by atoms with van der Waals surface area (Å²) in [5.74, 6) is 0.536. The van der Waals surface area contributed by atoms with E-state index in [4.69, 9.17) is 5.73 Å². The Labute approximate surface area is 218 Å². The molecule has 3 aromatic rings. The van der Waals surface area contributed by atoms with Crippen LogP contribution in [0.25, 0.3) is 5.82 Å². The standard InChI is InChI=1S/C27H30F4N6O/c1-16-25(17(2)37(34-16)24-7-6-21(11-33-24)27(29,30)31)26(38)36-14-19-12-35(13-20(19)15-36)9-8-23(32)18-4-3-5-22(28)10-18/h3-7,10-11,19-20,23H,8-9,12-15,32H2,1-2H3/t19?,20?,23-/m0/s1. The molecule has 3 atom stereocenters. The Morgan fingerprint density at radius 1 is 1.11 bits per heavy atom. The minimum absolute atomic E-state index is 0.118. The van der Waals surface area contributed by atoms with Gasteiger partial charge in [0.2, 0.25) is 0 Å². The molecule has 202 valence electrons. The van der Waals surface area contributed by atoms with Crippen LogP contribution in [-0.2, 0) is 6.18 Å². The fraction of sp³-hybridized carbons (Fsp3) is 0.444. The van der Waals surface area contributed by atoms with E-state index in [2.05, 4.69) is 15.0 Å². The van der Waals surface area contributed by atoms with Crippen LogP contribution in [0.4, 0.5) is 17.6 Å². The van der Waals surface area contributed by atoms with Gasteiger partial charge in [-0.05, 0) is 68.5 Å². The van der Waals surface area contributed by atoms with Crippen molar-refractivity contribution in [3.8, 4) is 5.82 Å². The van der Waals surface area contributed by atoms with Crippen molar-refractivity contribution in [3.05, 3.63) is 76.5 Å². The van der Waals surface area contributed by atoms with Crippen LogP contribution < -0.4 is 5.73 Å². The topological polar surface area (TPSA) is 80.3 Å². The Hall–Kier alpha value is -3.31. The van der Waals surface area contributed by atoms with Crippen LogP contribution in [-0.4, -0.2) is 63.2 Å². The second-order valence-corrected chi connectivity index (χ2v) is 10.3. The average Bonchev–Trinajstić information content (AvgIpc) is 3.53. The number of aryl methyl sites for hydroxylation is 1. The van der Waals surface area contributed by atoms with Crippen molar-refractivity contribution >= 4 is 5.91 Å². The Morgan fingerprint density at radius 2 is 1.82 bits per heavy atom. The van der Waals surface area contributed by atoms with Gasteiger partial charge < -0.3 is 15.5 Å². The number of amides is 1. The van der Waals surface area contributed by atoms with Gasteiger partial charge in [-0.3, -0.25) is 4.79 Å². The summed E-state index contributed by atoms with van der Waals surface area (Å²) in [6.07, 6.45) is -2.98. The smallest absolute Gasteiger partial charge is 0.338 e. The van der Waals surface area contributed by atoms with Gasteiger partial charge in [-0.15, -0.1) is 0 Å². The number of hydrogen-bond donors (Lipinski definition) is 1. The fourth-order valence-electron chi connectivity index (χ4n) is 5.68. The number of carbonyl (C=O) groups excluding carboxylic acids is 1. The second kappa shape index (κ2) is 10.1. The largest absolute Gasteiger partial charge is 0.417 e. The maximum Gasteiger partial charge on any atom is 0.417 e. The van der Waals surface area contributed by atoms with Crippen LogP contribution in [0, 0.1) is 31.5 Å². The molecule has 0 aliphatic carbocycles. The molecule has 2 N–H and O–H groups in total. The van der Waals surface area contributed by atoms with Crippen molar-refractivity contribution in [2.75, 3.05) is 32.7 Å². The van der Waals surface area contributed by atoms with Gasteiger partial charge in [-0.25, -0.2) is 14.1 Å². The molecule has 11 heteroatoms. The lowest BCUT2D eigenvalue weighted by molar-refractivity contribution is -0.137. The summed E-state index contributed by atoms with van der Waals surface area (Å²) in [5, 5.41) is 4.40. The predicted octanol–water partition coefficient (Wildman–Crippen LogP) is 4.14. The van der Waals surface area contributed by atoms with E-state index >= 15 is 0 Å². The number of fused-ring (bicyclic) bond motifs is 1. The summed E-state index contributed by atoms with van der Waals surface area (Å²) in [7, 11) is 0. The molecule has 2 fully saturated rings. The van der Waals surface area contributed by atoms with Crippen molar-refractivity contribution < 1.29 is 22.4 Å². The molecule has 2 saturated heterocycles. The zero-order valence-corrected chi connectivity index (χ0v) is 21.2. The first-order valence-corrected chi connectivity index (χ1v) is 12.6. The van der Waals surface area contributed by atoms with Gasteiger partial charge in [-0.1, -0.05) is 12.1 Å². The van der Waals surface area contributed by atoms with Crippen molar-refractivity contribution in [2.45, 2.75) is 32.5 Å². The van der Waals surface area contributed by atoms with Gasteiger partial charge in [0.25, 0.3) is 5.91 Å². The average molecular weight is 531 g/mol. The lowest BCUT2D eigenvalue weighted by Crippen LogP contribution is -2.34. The number of pyridine rings is 1. The molecule has 0 saturated carbocycles. The fourth-order valence-corrected chi connectivity index (χ4v) is 5.68. The summed E-state index contributed by atoms with van der Waals surface area (Å²) in [4.78, 5) is 21.6.